The highest BCUT2D eigenvalue weighted by Gasteiger charge is 2.30. The van der Waals surface area contributed by atoms with E-state index in [-0.39, 0.29) is 24.6 Å². The third-order valence-electron chi connectivity index (χ3n) is 5.23. The predicted octanol–water partition coefficient (Wildman–Crippen LogP) is 3.50. The highest BCUT2D eigenvalue weighted by Crippen LogP contribution is 2.35. The van der Waals surface area contributed by atoms with E-state index in [1.54, 1.807) is 49.4 Å². The van der Waals surface area contributed by atoms with Crippen LogP contribution in [0.15, 0.2) is 35.7 Å². The maximum Gasteiger partial charge on any atom is 0.338 e. The quantitative estimate of drug-likeness (QED) is 0.546. The van der Waals surface area contributed by atoms with Crippen LogP contribution in [-0.2, 0) is 22.5 Å². The SMILES string of the molecule is CCC1c2ccsc2CCN1C(=O)Cn1nnc(-c2cccc(C(=O)OC(C)C)c2)n1. The van der Waals surface area contributed by atoms with Gasteiger partial charge in [0.25, 0.3) is 0 Å². The minimum Gasteiger partial charge on any atom is -0.459 e. The molecule has 9 heteroatoms. The molecule has 1 atom stereocenters. The maximum absolute atomic E-state index is 13.0. The molecule has 31 heavy (non-hydrogen) atoms. The van der Waals surface area contributed by atoms with Crippen molar-refractivity contribution in [3.63, 3.8) is 0 Å². The molecule has 1 aliphatic rings. The van der Waals surface area contributed by atoms with E-state index in [0.29, 0.717) is 23.5 Å². The second-order valence-electron chi connectivity index (χ2n) is 7.74. The van der Waals surface area contributed by atoms with Gasteiger partial charge in [-0.3, -0.25) is 4.79 Å². The number of tetrazole rings is 1. The van der Waals surface area contributed by atoms with Gasteiger partial charge in [-0.15, -0.1) is 21.5 Å². The Hall–Kier alpha value is -3.07. The van der Waals surface area contributed by atoms with Gasteiger partial charge < -0.3 is 9.64 Å². The smallest absolute Gasteiger partial charge is 0.338 e. The molecule has 2 aromatic heterocycles. The molecule has 0 spiro atoms. The fourth-order valence-corrected chi connectivity index (χ4v) is 4.77. The molecule has 8 nitrogen and oxygen atoms in total. The number of hydrogen-bond acceptors (Lipinski definition) is 7. The molecule has 1 aromatic carbocycles. The molecule has 4 rings (SSSR count). The number of esters is 1. The van der Waals surface area contributed by atoms with Crippen LogP contribution in [0.25, 0.3) is 11.4 Å². The summed E-state index contributed by atoms with van der Waals surface area (Å²) < 4.78 is 5.24. The Labute approximate surface area is 184 Å². The molecule has 0 saturated carbocycles. The third kappa shape index (κ3) is 4.51. The minimum absolute atomic E-state index is 0.0258. The Balaban J connectivity index is 1.47. The molecule has 0 aliphatic carbocycles. The molecule has 0 radical (unpaired) electrons. The van der Waals surface area contributed by atoms with E-state index in [4.69, 9.17) is 4.74 Å². The molecule has 0 fully saturated rings. The van der Waals surface area contributed by atoms with Crippen molar-refractivity contribution in [3.8, 4) is 11.4 Å². The van der Waals surface area contributed by atoms with Crippen molar-refractivity contribution < 1.29 is 14.3 Å². The van der Waals surface area contributed by atoms with Crippen LogP contribution in [0.2, 0.25) is 0 Å². The number of carbonyl (C=O) groups excluding carboxylic acids is 2. The second kappa shape index (κ2) is 8.97. The first-order chi connectivity index (χ1) is 15.0. The van der Waals surface area contributed by atoms with Gasteiger partial charge >= 0.3 is 5.97 Å². The zero-order valence-electron chi connectivity index (χ0n) is 17.8. The summed E-state index contributed by atoms with van der Waals surface area (Å²) in [6, 6.07) is 9.11. The summed E-state index contributed by atoms with van der Waals surface area (Å²) in [6.45, 7) is 6.43. The number of fused-ring (bicyclic) bond motifs is 1. The van der Waals surface area contributed by atoms with Crippen molar-refractivity contribution in [2.45, 2.75) is 52.3 Å². The zero-order valence-corrected chi connectivity index (χ0v) is 18.6. The molecule has 0 saturated heterocycles. The van der Waals surface area contributed by atoms with Gasteiger partial charge in [-0.1, -0.05) is 19.1 Å². The van der Waals surface area contributed by atoms with Crippen LogP contribution in [0.4, 0.5) is 0 Å². The van der Waals surface area contributed by atoms with Gasteiger partial charge in [-0.05, 0) is 61.0 Å². The lowest BCUT2D eigenvalue weighted by atomic mass is 9.98. The molecule has 3 heterocycles. The van der Waals surface area contributed by atoms with E-state index in [1.165, 1.54) is 15.2 Å². The van der Waals surface area contributed by atoms with E-state index in [1.807, 2.05) is 4.90 Å². The summed E-state index contributed by atoms with van der Waals surface area (Å²) in [5.41, 5.74) is 2.32. The Bertz CT molecular complexity index is 1090. The first-order valence-electron chi connectivity index (χ1n) is 10.4. The molecular formula is C22H25N5O3S. The number of amides is 1. The fourth-order valence-electron chi connectivity index (χ4n) is 3.84. The Kier molecular flexibility index (Phi) is 6.13. The van der Waals surface area contributed by atoms with Crippen molar-refractivity contribution >= 4 is 23.2 Å². The number of thiophene rings is 1. The first-order valence-corrected chi connectivity index (χ1v) is 11.3. The first kappa shape index (κ1) is 21.2. The lowest BCUT2D eigenvalue weighted by molar-refractivity contribution is -0.135. The average molecular weight is 440 g/mol. The summed E-state index contributed by atoms with van der Waals surface area (Å²) in [5.74, 6) is -0.0670. The van der Waals surface area contributed by atoms with Gasteiger partial charge in [0.15, 0.2) is 0 Å². The summed E-state index contributed by atoms with van der Waals surface area (Å²) in [6.07, 6.45) is 1.54. The average Bonchev–Trinajstić information content (AvgIpc) is 3.42. The van der Waals surface area contributed by atoms with Crippen LogP contribution in [-0.4, -0.2) is 49.6 Å². The van der Waals surface area contributed by atoms with Gasteiger partial charge in [0.1, 0.15) is 6.54 Å². The van der Waals surface area contributed by atoms with E-state index >= 15 is 0 Å². The third-order valence-corrected chi connectivity index (χ3v) is 6.23. The Morgan fingerprint density at radius 3 is 2.90 bits per heavy atom. The summed E-state index contributed by atoms with van der Waals surface area (Å²) >= 11 is 1.76. The monoisotopic (exact) mass is 439 g/mol. The van der Waals surface area contributed by atoms with Gasteiger partial charge in [-0.2, -0.15) is 4.80 Å². The normalized spacial score (nSPS) is 15.7. The molecule has 1 aliphatic heterocycles. The van der Waals surface area contributed by atoms with Crippen LogP contribution in [0.1, 0.15) is 54.0 Å². The number of hydrogen-bond donors (Lipinski definition) is 0. The maximum atomic E-state index is 13.0. The molecule has 0 N–H and O–H groups in total. The number of rotatable bonds is 6. The van der Waals surface area contributed by atoms with Crippen LogP contribution in [0.5, 0.6) is 0 Å². The number of aromatic nitrogens is 4. The van der Waals surface area contributed by atoms with Crippen molar-refractivity contribution in [1.82, 2.24) is 25.1 Å². The summed E-state index contributed by atoms with van der Waals surface area (Å²) in [5, 5.41) is 14.6. The van der Waals surface area contributed by atoms with Gasteiger partial charge in [0.2, 0.25) is 11.7 Å². The van der Waals surface area contributed by atoms with Gasteiger partial charge in [0.05, 0.1) is 17.7 Å². The number of carbonyl (C=O) groups is 2. The summed E-state index contributed by atoms with van der Waals surface area (Å²) in [7, 11) is 0. The highest BCUT2D eigenvalue weighted by atomic mass is 32.1. The van der Waals surface area contributed by atoms with Gasteiger partial charge in [-0.25, -0.2) is 4.79 Å². The lowest BCUT2D eigenvalue weighted by Crippen LogP contribution is -2.41. The van der Waals surface area contributed by atoms with Gasteiger partial charge in [0, 0.05) is 17.0 Å². The molecule has 1 unspecified atom stereocenters. The van der Waals surface area contributed by atoms with E-state index < -0.39 is 5.97 Å². The number of benzene rings is 1. The standard InChI is InChI=1S/C22H25N5O3S/c1-4-18-17-9-11-31-19(17)8-10-26(18)20(28)13-27-24-21(23-25-27)15-6-5-7-16(12-15)22(29)30-14(2)3/h5-7,9,11-12,14,18H,4,8,10,13H2,1-3H3. The van der Waals surface area contributed by atoms with Crippen LogP contribution in [0, 0.1) is 0 Å². The van der Waals surface area contributed by atoms with Crippen molar-refractivity contribution in [1.29, 1.82) is 0 Å². The zero-order chi connectivity index (χ0) is 22.0. The van der Waals surface area contributed by atoms with Crippen LogP contribution >= 0.6 is 11.3 Å². The van der Waals surface area contributed by atoms with E-state index in [0.717, 1.165) is 12.8 Å². The van der Waals surface area contributed by atoms with Crippen LogP contribution in [0.3, 0.4) is 0 Å². The molecule has 0 bridgehead atoms. The van der Waals surface area contributed by atoms with E-state index in [9.17, 15) is 9.59 Å². The predicted molar refractivity (Wildman–Crippen MR) is 117 cm³/mol. The molecule has 3 aromatic rings. The fraction of sp³-hybridized carbons (Fsp3) is 0.409. The number of ether oxygens (including phenoxy) is 1. The number of nitrogens with zero attached hydrogens (tertiary/aromatic N) is 5. The van der Waals surface area contributed by atoms with Crippen molar-refractivity contribution in [2.24, 2.45) is 0 Å². The Morgan fingerprint density at radius 1 is 1.29 bits per heavy atom. The summed E-state index contributed by atoms with van der Waals surface area (Å²) in [4.78, 5) is 29.8. The second-order valence-corrected chi connectivity index (χ2v) is 8.74. The van der Waals surface area contributed by atoms with Crippen molar-refractivity contribution in [3.05, 3.63) is 51.7 Å². The molecule has 1 amide bonds. The van der Waals surface area contributed by atoms with Crippen LogP contribution < -0.4 is 0 Å². The molecule has 162 valence electrons. The topological polar surface area (TPSA) is 90.2 Å². The Morgan fingerprint density at radius 2 is 2.13 bits per heavy atom. The molecular weight excluding hydrogens is 414 g/mol. The largest absolute Gasteiger partial charge is 0.459 e. The lowest BCUT2D eigenvalue weighted by Gasteiger charge is -2.35. The highest BCUT2D eigenvalue weighted by molar-refractivity contribution is 7.10. The van der Waals surface area contributed by atoms with E-state index in [2.05, 4.69) is 33.8 Å². The van der Waals surface area contributed by atoms with Crippen molar-refractivity contribution in [2.75, 3.05) is 6.54 Å². The minimum atomic E-state index is -0.400.